The van der Waals surface area contributed by atoms with Crippen LogP contribution in [0.4, 0.5) is 0 Å². The van der Waals surface area contributed by atoms with Gasteiger partial charge in [0, 0.05) is 26.2 Å². The predicted molar refractivity (Wildman–Crippen MR) is 78.3 cm³/mol. The zero-order valence-electron chi connectivity index (χ0n) is 11.1. The molecule has 0 spiro atoms. The van der Waals surface area contributed by atoms with Crippen LogP contribution in [-0.2, 0) is 11.3 Å². The first-order chi connectivity index (χ1) is 9.42. The van der Waals surface area contributed by atoms with Gasteiger partial charge in [-0.2, -0.15) is 0 Å². The van der Waals surface area contributed by atoms with E-state index in [0.717, 1.165) is 32.8 Å². The normalized spacial score (nSPS) is 19.7. The Labute approximate surface area is 114 Å². The fourth-order valence-electron chi connectivity index (χ4n) is 2.48. The summed E-state index contributed by atoms with van der Waals surface area (Å²) in [6.45, 7) is 4.54. The molecule has 2 N–H and O–H groups in total. The van der Waals surface area contributed by atoms with E-state index in [-0.39, 0.29) is 0 Å². The van der Waals surface area contributed by atoms with Crippen molar-refractivity contribution in [3.63, 3.8) is 0 Å². The van der Waals surface area contributed by atoms with Crippen molar-refractivity contribution in [2.24, 2.45) is 0 Å². The maximum Gasteiger partial charge on any atom is 0.0824 e. The summed E-state index contributed by atoms with van der Waals surface area (Å²) in [7, 11) is 0. The summed E-state index contributed by atoms with van der Waals surface area (Å²) in [6, 6.07) is 15.1. The Morgan fingerprint density at radius 1 is 1.16 bits per heavy atom. The number of nitrogens with one attached hydrogen (secondary N) is 2. The summed E-state index contributed by atoms with van der Waals surface area (Å²) in [5.74, 6) is 0. The van der Waals surface area contributed by atoms with E-state index in [1.807, 2.05) is 0 Å². The zero-order valence-corrected chi connectivity index (χ0v) is 11.1. The molecule has 1 heterocycles. The maximum atomic E-state index is 5.66. The van der Waals surface area contributed by atoms with Crippen molar-refractivity contribution in [2.45, 2.75) is 12.6 Å². The average Bonchev–Trinajstić information content (AvgIpc) is 2.48. The Bertz CT molecular complexity index is 535. The summed E-state index contributed by atoms with van der Waals surface area (Å²) in [5, 5.41) is 9.41. The number of hydrogen-bond acceptors (Lipinski definition) is 3. The van der Waals surface area contributed by atoms with Crippen molar-refractivity contribution in [3.05, 3.63) is 48.0 Å². The molecule has 0 saturated carbocycles. The van der Waals surface area contributed by atoms with E-state index in [1.165, 1.54) is 16.3 Å². The Hall–Kier alpha value is -1.42. The van der Waals surface area contributed by atoms with E-state index >= 15 is 0 Å². The van der Waals surface area contributed by atoms with Crippen molar-refractivity contribution >= 4 is 10.8 Å². The minimum atomic E-state index is 0.300. The lowest BCUT2D eigenvalue weighted by Gasteiger charge is -2.23. The van der Waals surface area contributed by atoms with Crippen LogP contribution >= 0.6 is 0 Å². The highest BCUT2D eigenvalue weighted by molar-refractivity contribution is 5.82. The first kappa shape index (κ1) is 12.6. The van der Waals surface area contributed by atoms with Crippen molar-refractivity contribution < 1.29 is 4.74 Å². The molecule has 1 atom stereocenters. The standard InChI is InChI=1S/C16H20N2O/c1-2-4-15-9-13(5-6-14(15)3-1)10-18-12-16-11-17-7-8-19-16/h1-6,9,16-18H,7-8,10-12H2. The molecule has 0 aromatic heterocycles. The molecule has 19 heavy (non-hydrogen) atoms. The molecule has 1 unspecified atom stereocenters. The highest BCUT2D eigenvalue weighted by Gasteiger charge is 2.12. The molecule has 3 heteroatoms. The number of fused-ring (bicyclic) bond motifs is 1. The van der Waals surface area contributed by atoms with Crippen LogP contribution in [0.1, 0.15) is 5.56 Å². The van der Waals surface area contributed by atoms with Gasteiger partial charge >= 0.3 is 0 Å². The van der Waals surface area contributed by atoms with Gasteiger partial charge in [-0.15, -0.1) is 0 Å². The van der Waals surface area contributed by atoms with Crippen LogP contribution < -0.4 is 10.6 Å². The summed E-state index contributed by atoms with van der Waals surface area (Å²) in [5.41, 5.74) is 1.32. The largest absolute Gasteiger partial charge is 0.374 e. The van der Waals surface area contributed by atoms with Gasteiger partial charge in [0.15, 0.2) is 0 Å². The number of rotatable bonds is 4. The van der Waals surface area contributed by atoms with E-state index in [1.54, 1.807) is 0 Å². The number of hydrogen-bond donors (Lipinski definition) is 2. The monoisotopic (exact) mass is 256 g/mol. The highest BCUT2D eigenvalue weighted by Crippen LogP contribution is 2.15. The molecule has 0 radical (unpaired) electrons. The second-order valence-corrected chi connectivity index (χ2v) is 5.01. The lowest BCUT2D eigenvalue weighted by molar-refractivity contribution is 0.0291. The summed E-state index contributed by atoms with van der Waals surface area (Å²) in [4.78, 5) is 0. The number of benzene rings is 2. The van der Waals surface area contributed by atoms with Crippen LogP contribution in [0.15, 0.2) is 42.5 Å². The topological polar surface area (TPSA) is 33.3 Å². The molecule has 0 amide bonds. The summed E-state index contributed by atoms with van der Waals surface area (Å²) >= 11 is 0. The molecule has 2 aromatic rings. The molecule has 2 aromatic carbocycles. The van der Waals surface area contributed by atoms with Crippen LogP contribution in [0.2, 0.25) is 0 Å². The minimum absolute atomic E-state index is 0.300. The fraction of sp³-hybridized carbons (Fsp3) is 0.375. The Balaban J connectivity index is 1.56. The van der Waals surface area contributed by atoms with E-state index < -0.39 is 0 Å². The molecule has 1 aliphatic rings. The molecular weight excluding hydrogens is 236 g/mol. The number of ether oxygens (including phenoxy) is 1. The van der Waals surface area contributed by atoms with Gasteiger partial charge in [0.05, 0.1) is 12.7 Å². The average molecular weight is 256 g/mol. The second-order valence-electron chi connectivity index (χ2n) is 5.01. The van der Waals surface area contributed by atoms with Crippen LogP contribution in [0, 0.1) is 0 Å². The van der Waals surface area contributed by atoms with Gasteiger partial charge in [0.1, 0.15) is 0 Å². The molecule has 3 nitrogen and oxygen atoms in total. The quantitative estimate of drug-likeness (QED) is 0.877. The Morgan fingerprint density at radius 2 is 2.05 bits per heavy atom. The molecule has 1 fully saturated rings. The highest BCUT2D eigenvalue weighted by atomic mass is 16.5. The van der Waals surface area contributed by atoms with Crippen LogP contribution in [0.25, 0.3) is 10.8 Å². The molecule has 0 bridgehead atoms. The fourth-order valence-corrected chi connectivity index (χ4v) is 2.48. The van der Waals surface area contributed by atoms with Crippen LogP contribution in [0.3, 0.4) is 0 Å². The molecule has 3 rings (SSSR count). The molecule has 1 aliphatic heterocycles. The van der Waals surface area contributed by atoms with Gasteiger partial charge < -0.3 is 15.4 Å². The van der Waals surface area contributed by atoms with Gasteiger partial charge in [-0.05, 0) is 22.4 Å². The van der Waals surface area contributed by atoms with Crippen molar-refractivity contribution in [1.82, 2.24) is 10.6 Å². The van der Waals surface area contributed by atoms with Gasteiger partial charge in [0.2, 0.25) is 0 Å². The van der Waals surface area contributed by atoms with Crippen LogP contribution in [-0.4, -0.2) is 32.3 Å². The molecular formula is C16H20N2O. The van der Waals surface area contributed by atoms with Crippen molar-refractivity contribution in [1.29, 1.82) is 0 Å². The van der Waals surface area contributed by atoms with E-state index in [2.05, 4.69) is 53.1 Å². The van der Waals surface area contributed by atoms with E-state index in [9.17, 15) is 0 Å². The van der Waals surface area contributed by atoms with Crippen LogP contribution in [0.5, 0.6) is 0 Å². The third-order valence-corrected chi connectivity index (χ3v) is 3.52. The second kappa shape index (κ2) is 6.15. The minimum Gasteiger partial charge on any atom is -0.374 e. The van der Waals surface area contributed by atoms with E-state index in [4.69, 9.17) is 4.74 Å². The Morgan fingerprint density at radius 3 is 2.89 bits per heavy atom. The third kappa shape index (κ3) is 3.32. The molecule has 100 valence electrons. The smallest absolute Gasteiger partial charge is 0.0824 e. The van der Waals surface area contributed by atoms with Gasteiger partial charge in [-0.3, -0.25) is 0 Å². The van der Waals surface area contributed by atoms with E-state index in [0.29, 0.717) is 6.10 Å². The SMILES string of the molecule is c1ccc2cc(CNCC3CNCCO3)ccc2c1. The van der Waals surface area contributed by atoms with Crippen molar-refractivity contribution in [3.8, 4) is 0 Å². The first-order valence-electron chi connectivity index (χ1n) is 6.92. The molecule has 1 saturated heterocycles. The molecule has 0 aliphatic carbocycles. The summed E-state index contributed by atoms with van der Waals surface area (Å²) in [6.07, 6.45) is 0.300. The predicted octanol–water partition coefficient (Wildman–Crippen LogP) is 1.92. The van der Waals surface area contributed by atoms with Gasteiger partial charge in [0.25, 0.3) is 0 Å². The lowest BCUT2D eigenvalue weighted by atomic mass is 10.1. The Kier molecular flexibility index (Phi) is 4.08. The first-order valence-corrected chi connectivity index (χ1v) is 6.92. The maximum absolute atomic E-state index is 5.66. The zero-order chi connectivity index (χ0) is 12.9. The van der Waals surface area contributed by atoms with Crippen molar-refractivity contribution in [2.75, 3.05) is 26.2 Å². The van der Waals surface area contributed by atoms with Gasteiger partial charge in [-0.25, -0.2) is 0 Å². The number of morpholine rings is 1. The lowest BCUT2D eigenvalue weighted by Crippen LogP contribution is -2.43. The summed E-state index contributed by atoms with van der Waals surface area (Å²) < 4.78 is 5.66. The third-order valence-electron chi connectivity index (χ3n) is 3.52. The van der Waals surface area contributed by atoms with Gasteiger partial charge in [-0.1, -0.05) is 36.4 Å².